The summed E-state index contributed by atoms with van der Waals surface area (Å²) in [6.45, 7) is 4.48. The maximum atomic E-state index is 12.2. The number of anilines is 2. The minimum atomic E-state index is -0.691. The third kappa shape index (κ3) is 11.9. The molecule has 13 nitrogen and oxygen atoms in total. The van der Waals surface area contributed by atoms with Crippen molar-refractivity contribution in [3.05, 3.63) is 36.4 Å². The Balaban J connectivity index is 1.77. The van der Waals surface area contributed by atoms with E-state index in [9.17, 15) is 9.59 Å². The second kappa shape index (κ2) is 17.1. The van der Waals surface area contributed by atoms with Gasteiger partial charge in [0.1, 0.15) is 17.2 Å². The first kappa shape index (κ1) is 29.7. The number of ether oxygens (including phenoxy) is 5. The molecule has 13 heteroatoms. The number of pyridine rings is 1. The molecule has 0 bridgehead atoms. The number of hydrogen-bond acceptors (Lipinski definition) is 12. The number of nitrogen functional groups attached to an aromatic ring is 1. The molecule has 5 N–H and O–H groups in total. The van der Waals surface area contributed by atoms with Crippen LogP contribution in [-0.4, -0.2) is 76.3 Å². The molecule has 1 aromatic carbocycles. The van der Waals surface area contributed by atoms with E-state index in [1.54, 1.807) is 44.4 Å². The Kier molecular flexibility index (Phi) is 13.7. The molecule has 0 unspecified atom stereocenters. The van der Waals surface area contributed by atoms with Crippen LogP contribution in [0.1, 0.15) is 13.3 Å². The average Bonchev–Trinajstić information content (AvgIpc) is 2.87. The van der Waals surface area contributed by atoms with Gasteiger partial charge in [-0.3, -0.25) is 9.59 Å². The summed E-state index contributed by atoms with van der Waals surface area (Å²) in [6.07, 6.45) is 0.0527. The van der Waals surface area contributed by atoms with Crippen LogP contribution >= 0.6 is 0 Å². The van der Waals surface area contributed by atoms with Crippen LogP contribution in [0, 0.1) is 0 Å². The number of azo groups is 1. The van der Waals surface area contributed by atoms with Gasteiger partial charge < -0.3 is 40.5 Å². The summed E-state index contributed by atoms with van der Waals surface area (Å²) in [5, 5.41) is 10.8. The van der Waals surface area contributed by atoms with Gasteiger partial charge >= 0.3 is 5.97 Å². The highest BCUT2D eigenvalue weighted by atomic mass is 16.6. The number of nitrogens with two attached hydrogens (primary N) is 2. The molecule has 0 spiro atoms. The number of rotatable bonds is 17. The minimum absolute atomic E-state index is 0.0527. The van der Waals surface area contributed by atoms with E-state index in [4.69, 9.17) is 35.2 Å². The van der Waals surface area contributed by atoms with Crippen LogP contribution in [0.3, 0.4) is 0 Å². The lowest BCUT2D eigenvalue weighted by molar-refractivity contribution is -0.135. The molecule has 2 rings (SSSR count). The number of nitrogens with zero attached hydrogens (tertiary/aromatic N) is 3. The van der Waals surface area contributed by atoms with Gasteiger partial charge in [0.2, 0.25) is 5.91 Å². The first-order chi connectivity index (χ1) is 17.9. The number of nitrogens with one attached hydrogen (secondary N) is 1. The molecule has 1 heterocycles. The Hall–Kier alpha value is -3.49. The predicted molar refractivity (Wildman–Crippen MR) is 136 cm³/mol. The Labute approximate surface area is 215 Å². The maximum absolute atomic E-state index is 12.2. The number of carbonyl (C=O) groups excluding carboxylic acids is 2. The molecule has 1 aromatic heterocycles. The SMILES string of the molecule is COCCOCCOCCOCCC(=O)Oc1ccccc1/N=N/c1ccc(NC(=O)[C@H](C)N)nc1N. The molecule has 202 valence electrons. The van der Waals surface area contributed by atoms with Crippen molar-refractivity contribution >= 4 is 34.9 Å². The lowest BCUT2D eigenvalue weighted by Gasteiger charge is -2.09. The van der Waals surface area contributed by atoms with Crippen molar-refractivity contribution in [1.29, 1.82) is 0 Å². The number of benzene rings is 1. The molecule has 0 fully saturated rings. The number of methoxy groups -OCH3 is 1. The number of hydrogen-bond donors (Lipinski definition) is 3. The third-order valence-corrected chi connectivity index (χ3v) is 4.55. The normalized spacial score (nSPS) is 12.0. The standard InChI is InChI=1S/C24H34N6O7/c1-17(25)24(32)28-21-8-7-19(23(26)27-21)30-29-18-5-3-4-6-20(18)37-22(31)9-10-34-13-14-36-16-15-35-12-11-33-2/h3-8,17H,9-16,25H2,1-2H3,(H3,26,27,28,32)/b30-29+/t17-/m0/s1. The zero-order valence-electron chi connectivity index (χ0n) is 21.1. The summed E-state index contributed by atoms with van der Waals surface area (Å²) in [6, 6.07) is 9.06. The molecule has 2 aromatic rings. The highest BCUT2D eigenvalue weighted by molar-refractivity contribution is 5.93. The van der Waals surface area contributed by atoms with Crippen molar-refractivity contribution in [2.75, 3.05) is 64.4 Å². The van der Waals surface area contributed by atoms with Crippen molar-refractivity contribution in [3.63, 3.8) is 0 Å². The molecule has 0 radical (unpaired) electrons. The summed E-state index contributed by atoms with van der Waals surface area (Å²) in [7, 11) is 1.61. The lowest BCUT2D eigenvalue weighted by Crippen LogP contribution is -2.32. The first-order valence-electron chi connectivity index (χ1n) is 11.7. The highest BCUT2D eigenvalue weighted by Gasteiger charge is 2.11. The summed E-state index contributed by atoms with van der Waals surface area (Å²) in [5.74, 6) is -0.338. The lowest BCUT2D eigenvalue weighted by atomic mass is 10.3. The largest absolute Gasteiger partial charge is 0.424 e. The van der Waals surface area contributed by atoms with Gasteiger partial charge in [-0.05, 0) is 31.2 Å². The summed E-state index contributed by atoms with van der Waals surface area (Å²) >= 11 is 0. The van der Waals surface area contributed by atoms with Crippen molar-refractivity contribution < 1.29 is 33.3 Å². The molecule has 0 aliphatic carbocycles. The number of esters is 1. The Morgan fingerprint density at radius 3 is 2.19 bits per heavy atom. The van der Waals surface area contributed by atoms with Gasteiger partial charge in [0.05, 0.1) is 58.7 Å². The van der Waals surface area contributed by atoms with Gasteiger partial charge in [-0.2, -0.15) is 0 Å². The summed E-state index contributed by atoms with van der Waals surface area (Å²) < 4.78 is 26.3. The second-order valence-corrected chi connectivity index (χ2v) is 7.60. The zero-order chi connectivity index (χ0) is 26.9. The van der Waals surface area contributed by atoms with Gasteiger partial charge in [-0.15, -0.1) is 10.2 Å². The Morgan fingerprint density at radius 1 is 0.919 bits per heavy atom. The molecule has 1 amide bonds. The van der Waals surface area contributed by atoms with Crippen LogP contribution < -0.4 is 21.5 Å². The van der Waals surface area contributed by atoms with E-state index in [1.807, 2.05) is 0 Å². The van der Waals surface area contributed by atoms with Crippen LogP contribution in [0.25, 0.3) is 0 Å². The Bertz CT molecular complexity index is 1020. The molecular formula is C24H34N6O7. The summed E-state index contributed by atoms with van der Waals surface area (Å²) in [4.78, 5) is 28.0. The van der Waals surface area contributed by atoms with E-state index in [-0.39, 0.29) is 36.1 Å². The number of amides is 1. The van der Waals surface area contributed by atoms with Gasteiger partial charge in [0.15, 0.2) is 11.6 Å². The molecule has 1 atom stereocenters. The fourth-order valence-electron chi connectivity index (χ4n) is 2.61. The molecular weight excluding hydrogens is 484 g/mol. The first-order valence-corrected chi connectivity index (χ1v) is 11.7. The molecule has 0 saturated carbocycles. The van der Waals surface area contributed by atoms with Crippen LogP contribution in [0.4, 0.5) is 23.0 Å². The van der Waals surface area contributed by atoms with E-state index >= 15 is 0 Å². The summed E-state index contributed by atoms with van der Waals surface area (Å²) in [5.41, 5.74) is 12.0. The number of carbonyl (C=O) groups is 2. The number of para-hydroxylation sites is 1. The monoisotopic (exact) mass is 518 g/mol. The molecule has 0 aliphatic rings. The van der Waals surface area contributed by atoms with Gasteiger partial charge in [-0.25, -0.2) is 4.98 Å². The van der Waals surface area contributed by atoms with Crippen molar-refractivity contribution in [2.24, 2.45) is 16.0 Å². The third-order valence-electron chi connectivity index (χ3n) is 4.55. The topological polar surface area (TPSA) is 182 Å². The fraction of sp³-hybridized carbons (Fsp3) is 0.458. The number of aromatic nitrogens is 1. The van der Waals surface area contributed by atoms with Crippen molar-refractivity contribution in [1.82, 2.24) is 4.98 Å². The van der Waals surface area contributed by atoms with E-state index in [0.717, 1.165) is 0 Å². The van der Waals surface area contributed by atoms with Crippen LogP contribution in [0.5, 0.6) is 5.75 Å². The van der Waals surface area contributed by atoms with Gasteiger partial charge in [0.25, 0.3) is 0 Å². The zero-order valence-corrected chi connectivity index (χ0v) is 21.1. The quantitative estimate of drug-likeness (QED) is 0.122. The van der Waals surface area contributed by atoms with Crippen molar-refractivity contribution in [3.8, 4) is 5.75 Å². The predicted octanol–water partition coefficient (Wildman–Crippen LogP) is 2.36. The molecule has 0 aliphatic heterocycles. The van der Waals surface area contributed by atoms with E-state index in [0.29, 0.717) is 45.3 Å². The van der Waals surface area contributed by atoms with Crippen molar-refractivity contribution in [2.45, 2.75) is 19.4 Å². The fourth-order valence-corrected chi connectivity index (χ4v) is 2.61. The molecule has 37 heavy (non-hydrogen) atoms. The van der Waals surface area contributed by atoms with Crippen LogP contribution in [-0.2, 0) is 28.5 Å². The minimum Gasteiger partial charge on any atom is -0.424 e. The van der Waals surface area contributed by atoms with Crippen LogP contribution in [0.15, 0.2) is 46.6 Å². The van der Waals surface area contributed by atoms with E-state index in [1.165, 1.54) is 6.07 Å². The van der Waals surface area contributed by atoms with Gasteiger partial charge in [0, 0.05) is 7.11 Å². The van der Waals surface area contributed by atoms with Crippen LogP contribution in [0.2, 0.25) is 0 Å². The van der Waals surface area contributed by atoms with Gasteiger partial charge in [-0.1, -0.05) is 12.1 Å². The average molecular weight is 519 g/mol. The molecule has 0 saturated heterocycles. The van der Waals surface area contributed by atoms with E-state index in [2.05, 4.69) is 20.5 Å². The maximum Gasteiger partial charge on any atom is 0.313 e. The second-order valence-electron chi connectivity index (χ2n) is 7.60. The van der Waals surface area contributed by atoms with E-state index < -0.39 is 17.9 Å². The Morgan fingerprint density at radius 2 is 1.54 bits per heavy atom. The smallest absolute Gasteiger partial charge is 0.313 e. The highest BCUT2D eigenvalue weighted by Crippen LogP contribution is 2.30.